The van der Waals surface area contributed by atoms with Crippen LogP contribution >= 0.6 is 15.9 Å². The molecule has 1 aromatic carbocycles. The van der Waals surface area contributed by atoms with Crippen LogP contribution in [0.4, 0.5) is 0 Å². The summed E-state index contributed by atoms with van der Waals surface area (Å²) in [7, 11) is 0. The van der Waals surface area contributed by atoms with Gasteiger partial charge in [-0.25, -0.2) is 0 Å². The van der Waals surface area contributed by atoms with Crippen molar-refractivity contribution >= 4 is 40.4 Å². The third-order valence-electron chi connectivity index (χ3n) is 2.11. The van der Waals surface area contributed by atoms with Crippen LogP contribution in [0, 0.1) is 0 Å². The fourth-order valence-electron chi connectivity index (χ4n) is 1.19. The second-order valence-electron chi connectivity index (χ2n) is 3.84. The summed E-state index contributed by atoms with van der Waals surface area (Å²) in [6, 6.07) is 11.7. The maximum atomic E-state index is 11.8. The molecule has 1 aromatic heterocycles. The zero-order chi connectivity index (χ0) is 16.4. The predicted molar refractivity (Wildman–Crippen MR) is 83.1 cm³/mol. The molecule has 0 aliphatic carbocycles. The molecule has 0 saturated heterocycles. The number of nitrogens with one attached hydrogen (secondary N) is 1. The Bertz CT molecular complexity index is 627. The number of hydrogen-bond acceptors (Lipinski definition) is 6. The summed E-state index contributed by atoms with van der Waals surface area (Å²) >= 11 is -1.30. The predicted octanol–water partition coefficient (Wildman–Crippen LogP) is 1.66. The van der Waals surface area contributed by atoms with E-state index in [0.29, 0.717) is 0 Å². The summed E-state index contributed by atoms with van der Waals surface area (Å²) in [5.41, 5.74) is 1.88. The number of carbonyl (C=O) groups excluding carboxylic acids is 1. The van der Waals surface area contributed by atoms with Crippen LogP contribution in [0.2, 0.25) is 0 Å². The quantitative estimate of drug-likeness (QED) is 0.433. The number of hydrogen-bond donors (Lipinski definition) is 2. The van der Waals surface area contributed by atoms with E-state index in [1.165, 1.54) is 19.1 Å². The van der Waals surface area contributed by atoms with E-state index in [9.17, 15) is 8.53 Å². The molecule has 0 aliphatic heterocycles. The number of halogens is 1. The molecule has 0 spiro atoms. The number of rotatable bonds is 4. The number of pyridine rings is 1. The van der Waals surface area contributed by atoms with Gasteiger partial charge in [0.05, 0.1) is 0 Å². The van der Waals surface area contributed by atoms with Gasteiger partial charge in [0, 0.05) is 16.9 Å². The van der Waals surface area contributed by atoms with Crippen molar-refractivity contribution in [2.45, 2.75) is 6.92 Å². The molecule has 7 nitrogen and oxygen atoms in total. The Morgan fingerprint density at radius 1 is 1.27 bits per heavy atom. The van der Waals surface area contributed by atoms with Crippen molar-refractivity contribution in [1.29, 1.82) is 0 Å². The van der Waals surface area contributed by atoms with Gasteiger partial charge in [0.25, 0.3) is 0 Å². The zero-order valence-electron chi connectivity index (χ0n) is 11.5. The molecule has 0 bridgehead atoms. The molecular weight excluding hydrogens is 419 g/mol. The normalized spacial score (nSPS) is 12.5. The summed E-state index contributed by atoms with van der Waals surface area (Å²) in [6.45, 7) is 1.18. The minimum atomic E-state index is -4.55. The minimum absolute atomic E-state index is 0.201. The van der Waals surface area contributed by atoms with Crippen LogP contribution in [-0.4, -0.2) is 30.3 Å². The average Bonchev–Trinajstić information content (AvgIpc) is 2.55. The van der Waals surface area contributed by atoms with Crippen molar-refractivity contribution < 1.29 is 21.5 Å². The first-order valence-corrected chi connectivity index (χ1v) is 10.0. The van der Waals surface area contributed by atoms with Crippen LogP contribution in [0.3, 0.4) is 0 Å². The van der Waals surface area contributed by atoms with Crippen molar-refractivity contribution in [2.24, 2.45) is 0 Å². The molecule has 1 heterocycles. The fraction of sp³-hybridized carbons (Fsp3) is 0.0769. The topological polar surface area (TPSA) is 97.8 Å². The van der Waals surface area contributed by atoms with Crippen LogP contribution in [0.25, 0.3) is 0 Å². The fourth-order valence-corrected chi connectivity index (χ4v) is 3.60. The van der Waals surface area contributed by atoms with E-state index >= 15 is 0 Å². The Labute approximate surface area is 138 Å². The van der Waals surface area contributed by atoms with Crippen LogP contribution in [0.1, 0.15) is 6.92 Å². The van der Waals surface area contributed by atoms with Gasteiger partial charge in [0.15, 0.2) is 0 Å². The van der Waals surface area contributed by atoms with Crippen LogP contribution < -0.4 is 9.83 Å². The van der Waals surface area contributed by atoms with Gasteiger partial charge in [-0.1, -0.05) is 0 Å². The van der Waals surface area contributed by atoms with Crippen LogP contribution in [0.15, 0.2) is 59.3 Å². The number of amides is 1. The van der Waals surface area contributed by atoms with Crippen molar-refractivity contribution in [3.8, 4) is 0 Å². The molecule has 118 valence electrons. The molecule has 2 aromatic rings. The van der Waals surface area contributed by atoms with Gasteiger partial charge in [-0.15, -0.1) is 0 Å². The summed E-state index contributed by atoms with van der Waals surface area (Å²) in [4.78, 5) is 14.4. The van der Waals surface area contributed by atoms with Gasteiger partial charge in [0.2, 0.25) is 0 Å². The Hall–Kier alpha value is -1.44. The Morgan fingerprint density at radius 3 is 2.36 bits per heavy atom. The molecule has 1 unspecified atom stereocenters. The number of benzene rings is 1. The standard InChI is InChI=1S/C8H10AsNO5.C5H4BrN/c1-7(11)10-14-9(12,15-13)8-5-3-2-4-6-8;6-5-2-1-3-7-4-5/h2-6,13H,1H3,(H,10,11);1-4H. The van der Waals surface area contributed by atoms with E-state index in [1.807, 2.05) is 17.6 Å². The van der Waals surface area contributed by atoms with Gasteiger partial charge in [-0.2, -0.15) is 0 Å². The van der Waals surface area contributed by atoms with Gasteiger partial charge in [-0.3, -0.25) is 4.98 Å². The Kier molecular flexibility index (Phi) is 8.08. The van der Waals surface area contributed by atoms with Gasteiger partial charge < -0.3 is 0 Å². The van der Waals surface area contributed by atoms with Gasteiger partial charge in [-0.05, 0) is 28.1 Å². The average molecular weight is 433 g/mol. The first-order chi connectivity index (χ1) is 10.5. The Morgan fingerprint density at radius 2 is 1.95 bits per heavy atom. The summed E-state index contributed by atoms with van der Waals surface area (Å²) in [5.74, 6) is -0.537. The Balaban J connectivity index is 0.000000287. The first kappa shape index (κ1) is 18.6. The summed E-state index contributed by atoms with van der Waals surface area (Å²) in [5, 5.41) is 8.54. The molecule has 2 N–H and O–H groups in total. The van der Waals surface area contributed by atoms with Crippen LogP contribution in [-0.2, 0) is 16.2 Å². The third kappa shape index (κ3) is 6.55. The van der Waals surface area contributed by atoms with Crippen molar-refractivity contribution in [2.75, 3.05) is 0 Å². The molecule has 9 heteroatoms. The maximum absolute atomic E-state index is 11.8. The zero-order valence-corrected chi connectivity index (χ0v) is 15.0. The summed E-state index contributed by atoms with van der Waals surface area (Å²) in [6.07, 6.45) is 3.49. The molecule has 0 aliphatic rings. The second-order valence-corrected chi connectivity index (χ2v) is 8.65. The third-order valence-corrected chi connectivity index (χ3v) is 5.68. The molecule has 1 amide bonds. The summed E-state index contributed by atoms with van der Waals surface area (Å²) < 4.78 is 21.5. The monoisotopic (exact) mass is 432 g/mol. The van der Waals surface area contributed by atoms with E-state index < -0.39 is 20.1 Å². The van der Waals surface area contributed by atoms with Gasteiger partial charge >= 0.3 is 88.7 Å². The van der Waals surface area contributed by atoms with E-state index in [2.05, 4.69) is 28.6 Å². The molecule has 0 radical (unpaired) electrons. The number of carbonyl (C=O) groups is 1. The molecule has 0 saturated carbocycles. The van der Waals surface area contributed by atoms with E-state index in [1.54, 1.807) is 30.6 Å². The van der Waals surface area contributed by atoms with Crippen molar-refractivity contribution in [3.05, 3.63) is 59.3 Å². The SMILES string of the molecule is Brc1cccnc1.CC(=O)NO[As](=O)(OO)c1ccccc1. The molecule has 2 rings (SSSR count). The second kappa shape index (κ2) is 9.55. The number of hydroxylamine groups is 1. The number of aromatic nitrogens is 1. The molecule has 22 heavy (non-hydrogen) atoms. The van der Waals surface area contributed by atoms with Crippen LogP contribution in [0.5, 0.6) is 0 Å². The molecule has 0 fully saturated rings. The van der Waals surface area contributed by atoms with Gasteiger partial charge in [0.1, 0.15) is 0 Å². The van der Waals surface area contributed by atoms with E-state index in [0.717, 1.165) is 4.47 Å². The van der Waals surface area contributed by atoms with E-state index in [4.69, 9.17) is 5.26 Å². The van der Waals surface area contributed by atoms with Crippen molar-refractivity contribution in [3.63, 3.8) is 0 Å². The molecular formula is C13H14AsBrN2O5. The number of nitrogens with zero attached hydrogens (tertiary/aromatic N) is 1. The first-order valence-electron chi connectivity index (χ1n) is 5.97. The van der Waals surface area contributed by atoms with E-state index in [-0.39, 0.29) is 4.35 Å². The molecule has 1 atom stereocenters. The van der Waals surface area contributed by atoms with Crippen molar-refractivity contribution in [1.82, 2.24) is 10.5 Å².